The van der Waals surface area contributed by atoms with E-state index >= 15 is 0 Å². The number of aryl methyl sites for hydroxylation is 1. The van der Waals surface area contributed by atoms with Crippen LogP contribution in [-0.2, 0) is 6.42 Å². The predicted molar refractivity (Wildman–Crippen MR) is 93.5 cm³/mol. The van der Waals surface area contributed by atoms with E-state index in [1.807, 2.05) is 24.3 Å². The van der Waals surface area contributed by atoms with Crippen molar-refractivity contribution < 1.29 is 9.94 Å². The van der Waals surface area contributed by atoms with Gasteiger partial charge in [-0.3, -0.25) is 5.21 Å². The summed E-state index contributed by atoms with van der Waals surface area (Å²) >= 11 is 0. The lowest BCUT2D eigenvalue weighted by atomic mass is 9.95. The summed E-state index contributed by atoms with van der Waals surface area (Å²) in [5.41, 5.74) is 6.95. The number of ether oxygens (including phenoxy) is 1. The zero-order chi connectivity index (χ0) is 16.9. The van der Waals surface area contributed by atoms with Gasteiger partial charge in [0.1, 0.15) is 5.75 Å². The van der Waals surface area contributed by atoms with Crippen molar-refractivity contribution in [1.82, 2.24) is 9.97 Å². The summed E-state index contributed by atoms with van der Waals surface area (Å²) in [7, 11) is 0. The first-order valence-electron chi connectivity index (χ1n) is 8.54. The Bertz CT molecular complexity index is 669. The van der Waals surface area contributed by atoms with Gasteiger partial charge >= 0.3 is 0 Å². The quantitative estimate of drug-likeness (QED) is 0.809. The maximum Gasteiger partial charge on any atom is 0.222 e. The van der Waals surface area contributed by atoms with Crippen LogP contribution in [0.1, 0.15) is 44.6 Å². The molecule has 0 atom stereocenters. The minimum atomic E-state index is 0.0397. The van der Waals surface area contributed by atoms with Gasteiger partial charge in [0.25, 0.3) is 0 Å². The minimum Gasteiger partial charge on any atom is -0.452 e. The van der Waals surface area contributed by atoms with Crippen molar-refractivity contribution in [1.29, 1.82) is 0 Å². The van der Waals surface area contributed by atoms with Gasteiger partial charge in [0, 0.05) is 0 Å². The van der Waals surface area contributed by atoms with Crippen LogP contribution in [0.15, 0.2) is 30.5 Å². The van der Waals surface area contributed by atoms with Gasteiger partial charge in [-0.15, -0.1) is 0 Å². The summed E-state index contributed by atoms with van der Waals surface area (Å²) in [6.07, 6.45) is 7.79. The number of hydroxylamine groups is 1. The van der Waals surface area contributed by atoms with E-state index in [-0.39, 0.29) is 12.0 Å². The third-order valence-electron chi connectivity index (χ3n) is 4.45. The van der Waals surface area contributed by atoms with Crippen LogP contribution in [-0.4, -0.2) is 21.2 Å². The second kappa shape index (κ2) is 7.49. The van der Waals surface area contributed by atoms with E-state index in [1.54, 1.807) is 0 Å². The lowest BCUT2D eigenvalue weighted by molar-refractivity contribution is 0.185. The molecule has 0 radical (unpaired) electrons. The highest BCUT2D eigenvalue weighted by Crippen LogP contribution is 2.33. The van der Waals surface area contributed by atoms with Gasteiger partial charge in [-0.05, 0) is 37.0 Å². The number of benzene rings is 1. The second-order valence-corrected chi connectivity index (χ2v) is 6.15. The smallest absolute Gasteiger partial charge is 0.222 e. The highest BCUT2D eigenvalue weighted by molar-refractivity contribution is 5.53. The molecule has 0 bridgehead atoms. The molecule has 1 aliphatic rings. The summed E-state index contributed by atoms with van der Waals surface area (Å²) in [6.45, 7) is 2.11. The fraction of sp³-hybridized carbons (Fsp3) is 0.444. The Labute approximate surface area is 142 Å². The number of aromatic nitrogens is 2. The van der Waals surface area contributed by atoms with Crippen LogP contribution < -0.4 is 15.5 Å². The molecule has 1 aromatic heterocycles. The second-order valence-electron chi connectivity index (χ2n) is 6.15. The molecule has 0 saturated heterocycles. The Morgan fingerprint density at radius 1 is 1.21 bits per heavy atom. The fourth-order valence-electron chi connectivity index (χ4n) is 3.03. The lowest BCUT2D eigenvalue weighted by Crippen LogP contribution is -2.35. The average molecular weight is 328 g/mol. The molecule has 6 heteroatoms. The molecule has 1 aromatic carbocycles. The monoisotopic (exact) mass is 328 g/mol. The number of rotatable bonds is 5. The Morgan fingerprint density at radius 2 is 1.92 bits per heavy atom. The molecule has 6 nitrogen and oxygen atoms in total. The molecule has 24 heavy (non-hydrogen) atoms. The van der Waals surface area contributed by atoms with E-state index in [0.717, 1.165) is 32.1 Å². The number of nitrogen functional groups attached to an aromatic ring is 1. The molecule has 3 N–H and O–H groups in total. The van der Waals surface area contributed by atoms with Gasteiger partial charge < -0.3 is 10.5 Å². The average Bonchev–Trinajstić information content (AvgIpc) is 2.64. The fourth-order valence-corrected chi connectivity index (χ4v) is 3.03. The number of nitrogens with zero attached hydrogens (tertiary/aromatic N) is 3. The molecule has 1 heterocycles. The largest absolute Gasteiger partial charge is 0.452 e. The van der Waals surface area contributed by atoms with Gasteiger partial charge in [-0.1, -0.05) is 38.3 Å². The van der Waals surface area contributed by atoms with Crippen LogP contribution in [0.2, 0.25) is 0 Å². The Kier molecular flexibility index (Phi) is 5.15. The van der Waals surface area contributed by atoms with E-state index in [1.165, 1.54) is 23.2 Å². The highest BCUT2D eigenvalue weighted by atomic mass is 16.5. The predicted octanol–water partition coefficient (Wildman–Crippen LogP) is 3.94. The third-order valence-corrected chi connectivity index (χ3v) is 4.45. The SMILES string of the molecule is CCc1ccc(Oc2cnc(N)nc2N(O)C2CCCCC2)cc1. The maximum atomic E-state index is 10.6. The number of nitrogens with two attached hydrogens (primary N) is 1. The third kappa shape index (κ3) is 3.76. The first kappa shape index (κ1) is 16.5. The molecule has 0 unspecified atom stereocenters. The molecule has 0 spiro atoms. The van der Waals surface area contributed by atoms with Crippen LogP contribution in [0.4, 0.5) is 11.8 Å². The molecular weight excluding hydrogens is 304 g/mol. The van der Waals surface area contributed by atoms with Crippen molar-refractivity contribution in [2.45, 2.75) is 51.5 Å². The van der Waals surface area contributed by atoms with Crippen LogP contribution in [0.3, 0.4) is 0 Å². The number of anilines is 2. The topological polar surface area (TPSA) is 84.5 Å². The van der Waals surface area contributed by atoms with E-state index in [0.29, 0.717) is 17.3 Å². The van der Waals surface area contributed by atoms with Crippen molar-refractivity contribution in [3.63, 3.8) is 0 Å². The summed E-state index contributed by atoms with van der Waals surface area (Å²) in [6, 6.07) is 7.89. The van der Waals surface area contributed by atoms with Crippen molar-refractivity contribution in [3.05, 3.63) is 36.0 Å². The van der Waals surface area contributed by atoms with Gasteiger partial charge in [0.15, 0.2) is 5.75 Å². The Morgan fingerprint density at radius 3 is 2.58 bits per heavy atom. The molecule has 0 aliphatic heterocycles. The van der Waals surface area contributed by atoms with Crippen molar-refractivity contribution in [2.75, 3.05) is 10.8 Å². The summed E-state index contributed by atoms with van der Waals surface area (Å²) in [5.74, 6) is 1.53. The first-order valence-corrected chi connectivity index (χ1v) is 8.54. The van der Waals surface area contributed by atoms with E-state index in [9.17, 15) is 5.21 Å². The zero-order valence-electron chi connectivity index (χ0n) is 14.0. The van der Waals surface area contributed by atoms with Crippen LogP contribution in [0.25, 0.3) is 0 Å². The number of hydrogen-bond donors (Lipinski definition) is 2. The van der Waals surface area contributed by atoms with Gasteiger partial charge in [-0.2, -0.15) is 4.98 Å². The lowest BCUT2D eigenvalue weighted by Gasteiger charge is -2.30. The van der Waals surface area contributed by atoms with E-state index < -0.39 is 0 Å². The first-order chi connectivity index (χ1) is 11.7. The summed E-state index contributed by atoms with van der Waals surface area (Å²) in [5, 5.41) is 11.8. The zero-order valence-corrected chi connectivity index (χ0v) is 14.0. The van der Waals surface area contributed by atoms with Gasteiger partial charge in [-0.25, -0.2) is 10.0 Å². The highest BCUT2D eigenvalue weighted by Gasteiger charge is 2.24. The molecule has 128 valence electrons. The molecular formula is C18H24N4O2. The van der Waals surface area contributed by atoms with Gasteiger partial charge in [0.05, 0.1) is 12.2 Å². The van der Waals surface area contributed by atoms with Crippen LogP contribution in [0.5, 0.6) is 11.5 Å². The van der Waals surface area contributed by atoms with Crippen molar-refractivity contribution >= 4 is 11.8 Å². The Hall–Kier alpha value is -2.34. The van der Waals surface area contributed by atoms with Crippen LogP contribution in [0, 0.1) is 0 Å². The van der Waals surface area contributed by atoms with Crippen molar-refractivity contribution in [3.8, 4) is 11.5 Å². The number of hydrogen-bond acceptors (Lipinski definition) is 6. The molecule has 1 fully saturated rings. The molecule has 1 saturated carbocycles. The molecule has 3 rings (SSSR count). The summed E-state index contributed by atoms with van der Waals surface area (Å²) < 4.78 is 5.89. The molecule has 2 aromatic rings. The maximum absolute atomic E-state index is 10.6. The normalized spacial score (nSPS) is 15.2. The summed E-state index contributed by atoms with van der Waals surface area (Å²) in [4.78, 5) is 8.20. The molecule has 1 aliphatic carbocycles. The minimum absolute atomic E-state index is 0.0397. The van der Waals surface area contributed by atoms with Crippen LogP contribution >= 0.6 is 0 Å². The van der Waals surface area contributed by atoms with Crippen molar-refractivity contribution in [2.24, 2.45) is 0 Å². The van der Waals surface area contributed by atoms with E-state index in [4.69, 9.17) is 10.5 Å². The molecule has 0 amide bonds. The van der Waals surface area contributed by atoms with E-state index in [2.05, 4.69) is 16.9 Å². The standard InChI is InChI=1S/C18H24N4O2/c1-2-13-8-10-15(11-9-13)24-16-12-20-18(19)21-17(16)22(23)14-6-4-3-5-7-14/h8-12,14,23H,2-7H2,1H3,(H2,19,20,21). The Balaban J connectivity index is 1.84. The van der Waals surface area contributed by atoms with Gasteiger partial charge in [0.2, 0.25) is 11.8 Å².